The van der Waals surface area contributed by atoms with Crippen molar-refractivity contribution in [2.24, 2.45) is 10.3 Å². The number of hydrogen-bond acceptors (Lipinski definition) is 5. The number of aliphatic carboxylic acids is 1. The van der Waals surface area contributed by atoms with E-state index in [9.17, 15) is 14.7 Å². The van der Waals surface area contributed by atoms with Crippen LogP contribution in [0.25, 0.3) is 0 Å². The molecule has 7 heteroatoms. The largest absolute Gasteiger partial charge is 0.477 e. The molecule has 3 unspecified atom stereocenters. The Kier molecular flexibility index (Phi) is 2.96. The molecular formula is C10H12N2O4S. The number of rotatable bonds is 4. The molecular weight excluding hydrogens is 244 g/mol. The second-order valence-electron chi connectivity index (χ2n) is 4.04. The van der Waals surface area contributed by atoms with E-state index in [2.05, 4.69) is 11.1 Å². The molecule has 17 heavy (non-hydrogen) atoms. The Morgan fingerprint density at radius 1 is 1.71 bits per heavy atom. The summed E-state index contributed by atoms with van der Waals surface area (Å²) < 4.78 is 3.59. The molecule has 0 aromatic heterocycles. The SMILES string of the molecule is C=NSC1=C(C(=O)O)N2C(=O)C(C(C)O)C2C1. The zero-order valence-electron chi connectivity index (χ0n) is 9.16. The van der Waals surface area contributed by atoms with Gasteiger partial charge >= 0.3 is 5.97 Å². The molecule has 0 bridgehead atoms. The molecule has 1 fully saturated rings. The lowest BCUT2D eigenvalue weighted by atomic mass is 9.83. The average molecular weight is 256 g/mol. The van der Waals surface area contributed by atoms with Crippen molar-refractivity contribution < 1.29 is 19.8 Å². The van der Waals surface area contributed by atoms with Gasteiger partial charge in [-0.05, 0) is 13.6 Å². The van der Waals surface area contributed by atoms with Crippen LogP contribution in [0.2, 0.25) is 0 Å². The summed E-state index contributed by atoms with van der Waals surface area (Å²) in [6.07, 6.45) is -0.341. The van der Waals surface area contributed by atoms with E-state index in [1.807, 2.05) is 0 Å². The third kappa shape index (κ3) is 1.66. The Labute approximate surface area is 102 Å². The summed E-state index contributed by atoms with van der Waals surface area (Å²) >= 11 is 0.976. The van der Waals surface area contributed by atoms with Crippen molar-refractivity contribution in [2.75, 3.05) is 0 Å². The van der Waals surface area contributed by atoms with Crippen molar-refractivity contribution in [3.8, 4) is 0 Å². The fraction of sp³-hybridized carbons (Fsp3) is 0.500. The molecule has 2 aliphatic heterocycles. The minimum atomic E-state index is -1.14. The Morgan fingerprint density at radius 3 is 2.82 bits per heavy atom. The van der Waals surface area contributed by atoms with Gasteiger partial charge in [0.1, 0.15) is 5.70 Å². The Bertz CT molecular complexity index is 432. The van der Waals surface area contributed by atoms with Gasteiger partial charge in [0.05, 0.1) is 18.1 Å². The van der Waals surface area contributed by atoms with Gasteiger partial charge in [0.2, 0.25) is 5.91 Å². The zero-order valence-corrected chi connectivity index (χ0v) is 9.98. The van der Waals surface area contributed by atoms with Gasteiger partial charge in [-0.1, -0.05) is 0 Å². The molecule has 0 radical (unpaired) electrons. The van der Waals surface area contributed by atoms with Crippen molar-refractivity contribution in [2.45, 2.75) is 25.5 Å². The maximum Gasteiger partial charge on any atom is 0.353 e. The molecule has 0 aromatic rings. The molecule has 0 aromatic carbocycles. The number of carbonyl (C=O) groups excluding carboxylic acids is 1. The number of nitrogens with zero attached hydrogens (tertiary/aromatic N) is 2. The first-order valence-electron chi connectivity index (χ1n) is 5.09. The van der Waals surface area contributed by atoms with Crippen molar-refractivity contribution in [1.29, 1.82) is 0 Å². The van der Waals surface area contributed by atoms with Crippen molar-refractivity contribution in [3.63, 3.8) is 0 Å². The summed E-state index contributed by atoms with van der Waals surface area (Å²) in [5.74, 6) is -1.98. The lowest BCUT2D eigenvalue weighted by Gasteiger charge is -2.44. The van der Waals surface area contributed by atoms with E-state index in [4.69, 9.17) is 5.11 Å². The molecule has 3 atom stereocenters. The number of carboxylic acids is 1. The molecule has 0 spiro atoms. The molecule has 2 rings (SSSR count). The second-order valence-corrected chi connectivity index (χ2v) is 4.98. The number of aliphatic hydroxyl groups excluding tert-OH is 1. The lowest BCUT2D eigenvalue weighted by Crippen LogP contribution is -2.61. The number of hydrogen-bond donors (Lipinski definition) is 2. The Morgan fingerprint density at radius 2 is 2.35 bits per heavy atom. The molecule has 92 valence electrons. The predicted octanol–water partition coefficient (Wildman–Crippen LogP) is 0.243. The maximum absolute atomic E-state index is 11.8. The fourth-order valence-electron chi connectivity index (χ4n) is 2.39. The predicted molar refractivity (Wildman–Crippen MR) is 62.2 cm³/mol. The van der Waals surface area contributed by atoms with Gasteiger partial charge in [-0.2, -0.15) is 0 Å². The Hall–Kier alpha value is -1.34. The molecule has 0 saturated carbocycles. The number of aliphatic hydroxyl groups is 1. The average Bonchev–Trinajstić information content (AvgIpc) is 2.53. The highest BCUT2D eigenvalue weighted by Gasteiger charge is 2.56. The first-order valence-corrected chi connectivity index (χ1v) is 5.87. The van der Waals surface area contributed by atoms with Gasteiger partial charge in [-0.15, -0.1) is 0 Å². The highest BCUT2D eigenvalue weighted by Crippen LogP contribution is 2.46. The van der Waals surface area contributed by atoms with Crippen LogP contribution in [0, 0.1) is 5.92 Å². The monoisotopic (exact) mass is 256 g/mol. The fourth-order valence-corrected chi connectivity index (χ4v) is 3.06. The molecule has 2 N–H and O–H groups in total. The van der Waals surface area contributed by atoms with Crippen LogP contribution in [0.4, 0.5) is 0 Å². The summed E-state index contributed by atoms with van der Waals surface area (Å²) in [7, 11) is 0. The molecule has 2 aliphatic rings. The van der Waals surface area contributed by atoms with Gasteiger partial charge in [-0.3, -0.25) is 4.79 Å². The number of β-lactam (4-membered cyclic amide) rings is 1. The summed E-state index contributed by atoms with van der Waals surface area (Å²) in [5, 5.41) is 18.6. The highest BCUT2D eigenvalue weighted by atomic mass is 32.2. The smallest absolute Gasteiger partial charge is 0.353 e. The van der Waals surface area contributed by atoms with Crippen molar-refractivity contribution in [3.05, 3.63) is 10.6 Å². The molecule has 0 aliphatic carbocycles. The summed E-state index contributed by atoms with van der Waals surface area (Å²) in [5.41, 5.74) is -0.0192. The van der Waals surface area contributed by atoms with Crippen molar-refractivity contribution in [1.82, 2.24) is 4.90 Å². The van der Waals surface area contributed by atoms with E-state index in [-0.39, 0.29) is 17.6 Å². The van der Waals surface area contributed by atoms with E-state index in [0.29, 0.717) is 11.3 Å². The second kappa shape index (κ2) is 4.15. The van der Waals surface area contributed by atoms with Crippen LogP contribution >= 0.6 is 11.9 Å². The van der Waals surface area contributed by atoms with E-state index < -0.39 is 18.0 Å². The number of amides is 1. The minimum absolute atomic E-state index is 0.0192. The van der Waals surface area contributed by atoms with Gasteiger partial charge in [-0.25, -0.2) is 9.19 Å². The number of carbonyl (C=O) groups is 2. The maximum atomic E-state index is 11.8. The van der Waals surface area contributed by atoms with Crippen LogP contribution in [-0.2, 0) is 9.59 Å². The lowest BCUT2D eigenvalue weighted by molar-refractivity contribution is -0.161. The van der Waals surface area contributed by atoms with Crippen molar-refractivity contribution >= 4 is 30.5 Å². The van der Waals surface area contributed by atoms with E-state index in [1.165, 1.54) is 11.8 Å². The zero-order chi connectivity index (χ0) is 12.7. The van der Waals surface area contributed by atoms with Crippen LogP contribution in [0.5, 0.6) is 0 Å². The van der Waals surface area contributed by atoms with Gasteiger partial charge < -0.3 is 15.1 Å². The topological polar surface area (TPSA) is 90.2 Å². The quantitative estimate of drug-likeness (QED) is 0.427. The number of carboxylic acid groups (broad SMARTS) is 1. The van der Waals surface area contributed by atoms with Gasteiger partial charge in [0.15, 0.2) is 0 Å². The van der Waals surface area contributed by atoms with Crippen LogP contribution < -0.4 is 0 Å². The van der Waals surface area contributed by atoms with E-state index in [1.54, 1.807) is 0 Å². The molecule has 1 saturated heterocycles. The Balaban J connectivity index is 2.29. The summed E-state index contributed by atoms with van der Waals surface area (Å²) in [6.45, 7) is 4.83. The first kappa shape index (κ1) is 12.1. The highest BCUT2D eigenvalue weighted by molar-refractivity contribution is 8.01. The summed E-state index contributed by atoms with van der Waals surface area (Å²) in [6, 6.07) is -0.252. The van der Waals surface area contributed by atoms with E-state index in [0.717, 1.165) is 11.9 Å². The van der Waals surface area contributed by atoms with E-state index >= 15 is 0 Å². The van der Waals surface area contributed by atoms with Crippen LogP contribution in [-0.4, -0.2) is 45.9 Å². The van der Waals surface area contributed by atoms with Crippen LogP contribution in [0.15, 0.2) is 15.0 Å². The standard InChI is InChI=1S/C10H12N2O4S/c1-4(13)7-5-3-6(17-11-2)8(10(15)16)12(5)9(7)14/h4-5,7,13H,2-3H2,1H3,(H,15,16). The summed E-state index contributed by atoms with van der Waals surface area (Å²) in [4.78, 5) is 24.6. The minimum Gasteiger partial charge on any atom is -0.477 e. The molecule has 6 nitrogen and oxygen atoms in total. The normalized spacial score (nSPS) is 28.8. The third-order valence-corrected chi connectivity index (χ3v) is 3.77. The van der Waals surface area contributed by atoms with Crippen LogP contribution in [0.3, 0.4) is 0 Å². The van der Waals surface area contributed by atoms with Gasteiger partial charge in [0.25, 0.3) is 0 Å². The van der Waals surface area contributed by atoms with Crippen LogP contribution in [0.1, 0.15) is 13.3 Å². The number of fused-ring (bicyclic) bond motifs is 1. The first-order chi connectivity index (χ1) is 7.99. The van der Waals surface area contributed by atoms with Gasteiger partial charge in [0, 0.05) is 23.3 Å². The third-order valence-electron chi connectivity index (χ3n) is 3.07. The molecule has 1 amide bonds. The molecule has 2 heterocycles.